The van der Waals surface area contributed by atoms with Gasteiger partial charge in [0.25, 0.3) is 0 Å². The molecule has 0 spiro atoms. The highest BCUT2D eigenvalue weighted by Crippen LogP contribution is 2.49. The van der Waals surface area contributed by atoms with Crippen LogP contribution in [-0.4, -0.2) is 15.0 Å². The molecule has 0 saturated carbocycles. The Morgan fingerprint density at radius 3 is 1.26 bits per heavy atom. The number of fused-ring (bicyclic) bond motifs is 9. The molecule has 0 saturated heterocycles. The van der Waals surface area contributed by atoms with Crippen LogP contribution < -0.4 is 0 Å². The van der Waals surface area contributed by atoms with Gasteiger partial charge in [-0.25, -0.2) is 15.0 Å². The fourth-order valence-electron chi connectivity index (χ4n) is 9.03. The van der Waals surface area contributed by atoms with E-state index in [-0.39, 0.29) is 0 Å². The van der Waals surface area contributed by atoms with Crippen LogP contribution in [0.5, 0.6) is 0 Å². The van der Waals surface area contributed by atoms with E-state index in [1.807, 2.05) is 47.7 Å². The van der Waals surface area contributed by atoms with Gasteiger partial charge < -0.3 is 0 Å². The van der Waals surface area contributed by atoms with Gasteiger partial charge in [0, 0.05) is 42.4 Å². The molecule has 0 radical (unpaired) electrons. The molecule has 0 amide bonds. The number of hydrogen-bond donors (Lipinski definition) is 0. The van der Waals surface area contributed by atoms with E-state index in [4.69, 9.17) is 15.0 Å². The summed E-state index contributed by atoms with van der Waals surface area (Å²) in [5, 5.41) is 9.89. The maximum absolute atomic E-state index is 5.29. The molecule has 12 aromatic rings. The van der Waals surface area contributed by atoms with Gasteiger partial charge in [0.15, 0.2) is 17.5 Å². The van der Waals surface area contributed by atoms with Crippen molar-refractivity contribution in [2.75, 3.05) is 0 Å². The van der Waals surface area contributed by atoms with Crippen molar-refractivity contribution in [1.82, 2.24) is 15.0 Å². The van der Waals surface area contributed by atoms with Crippen LogP contribution in [0.25, 0.3) is 120 Å². The molecule has 2 aromatic heterocycles. The molecule has 0 atom stereocenters. The summed E-state index contributed by atoms with van der Waals surface area (Å²) in [6, 6.07) is 75.8. The van der Waals surface area contributed by atoms with Crippen LogP contribution in [0.2, 0.25) is 0 Å². The van der Waals surface area contributed by atoms with Crippen LogP contribution in [0.1, 0.15) is 0 Å². The monoisotopic (exact) mass is 793 g/mol. The highest BCUT2D eigenvalue weighted by atomic mass is 32.1. The lowest BCUT2D eigenvalue weighted by molar-refractivity contribution is 1.08. The average molecular weight is 794 g/mol. The second-order valence-electron chi connectivity index (χ2n) is 15.5. The molecule has 3 nitrogen and oxygen atoms in total. The van der Waals surface area contributed by atoms with Gasteiger partial charge in [-0.2, -0.15) is 0 Å². The van der Waals surface area contributed by atoms with Gasteiger partial charge in [-0.15, -0.1) is 11.3 Å². The second kappa shape index (κ2) is 14.5. The molecule has 0 aliphatic heterocycles. The fraction of sp³-hybridized carbons (Fsp3) is 0. The Bertz CT molecular complexity index is 3530. The number of benzene rings is 10. The van der Waals surface area contributed by atoms with Gasteiger partial charge in [-0.05, 0) is 84.4 Å². The molecule has 61 heavy (non-hydrogen) atoms. The van der Waals surface area contributed by atoms with Crippen molar-refractivity contribution in [2.45, 2.75) is 0 Å². The molecular weight excluding hydrogens is 759 g/mol. The Morgan fingerprint density at radius 1 is 0.246 bits per heavy atom. The molecule has 0 bridgehead atoms. The summed E-state index contributed by atoms with van der Waals surface area (Å²) in [6.45, 7) is 0. The van der Waals surface area contributed by atoms with Crippen molar-refractivity contribution in [3.05, 3.63) is 212 Å². The molecule has 0 aliphatic carbocycles. The summed E-state index contributed by atoms with van der Waals surface area (Å²) in [6.07, 6.45) is 0. The summed E-state index contributed by atoms with van der Waals surface area (Å²) in [5.74, 6) is 1.93. The highest BCUT2D eigenvalue weighted by Gasteiger charge is 2.23. The normalized spacial score (nSPS) is 11.6. The van der Waals surface area contributed by atoms with Crippen LogP contribution in [-0.2, 0) is 0 Å². The Morgan fingerprint density at radius 2 is 0.689 bits per heavy atom. The average Bonchev–Trinajstić information content (AvgIpc) is 3.74. The van der Waals surface area contributed by atoms with Gasteiger partial charge in [0.05, 0.1) is 0 Å². The Kier molecular flexibility index (Phi) is 8.36. The first-order valence-corrected chi connectivity index (χ1v) is 21.4. The largest absolute Gasteiger partial charge is 0.208 e. The molecular formula is C57H35N3S. The first kappa shape index (κ1) is 35.2. The zero-order chi connectivity index (χ0) is 40.3. The van der Waals surface area contributed by atoms with E-state index < -0.39 is 0 Å². The fourth-order valence-corrected chi connectivity index (χ4v) is 10.4. The molecule has 4 heteroatoms. The van der Waals surface area contributed by atoms with Crippen molar-refractivity contribution in [3.8, 4) is 67.5 Å². The van der Waals surface area contributed by atoms with Crippen molar-refractivity contribution < 1.29 is 0 Å². The molecule has 2 heterocycles. The van der Waals surface area contributed by atoms with E-state index in [2.05, 4.69) is 176 Å². The van der Waals surface area contributed by atoms with Crippen LogP contribution >= 0.6 is 11.3 Å². The van der Waals surface area contributed by atoms with Crippen molar-refractivity contribution >= 4 is 63.8 Å². The van der Waals surface area contributed by atoms with Gasteiger partial charge in [0.1, 0.15) is 0 Å². The minimum absolute atomic E-state index is 0.643. The summed E-state index contributed by atoms with van der Waals surface area (Å²) in [7, 11) is 0. The standard InChI is InChI=1S/C57H35N3S/c1-5-17-36(18-6-1)41-34-49(37-19-7-2-8-20-37)53-51(35-41)52-48(57-59-55(38-21-9-3-10-22-38)58-56(60-57)39-23-11-4-12-24-39)32-31-42(54(52)61-53)40-29-30-47-45-27-14-13-25-43(45)44-26-15-16-28-46(44)50(47)33-40/h1-35H. The quantitative estimate of drug-likeness (QED) is 0.157. The lowest BCUT2D eigenvalue weighted by atomic mass is 9.91. The molecule has 10 aromatic carbocycles. The van der Waals surface area contributed by atoms with Crippen molar-refractivity contribution in [2.24, 2.45) is 0 Å². The van der Waals surface area contributed by atoms with E-state index in [1.165, 1.54) is 74.9 Å². The number of thiophene rings is 1. The summed E-state index contributed by atoms with van der Waals surface area (Å²) in [5.41, 5.74) is 9.94. The smallest absolute Gasteiger partial charge is 0.164 e. The summed E-state index contributed by atoms with van der Waals surface area (Å²) in [4.78, 5) is 15.6. The third kappa shape index (κ3) is 5.99. The first-order chi connectivity index (χ1) is 30.2. The van der Waals surface area contributed by atoms with Gasteiger partial charge in [0.2, 0.25) is 0 Å². The van der Waals surface area contributed by atoms with E-state index in [1.54, 1.807) is 0 Å². The second-order valence-corrected chi connectivity index (χ2v) is 16.5. The topological polar surface area (TPSA) is 38.7 Å². The van der Waals surface area contributed by atoms with E-state index >= 15 is 0 Å². The number of hydrogen-bond acceptors (Lipinski definition) is 4. The third-order valence-electron chi connectivity index (χ3n) is 11.9. The minimum Gasteiger partial charge on any atom is -0.208 e. The van der Waals surface area contributed by atoms with Crippen LogP contribution in [0.4, 0.5) is 0 Å². The summed E-state index contributed by atoms with van der Waals surface area (Å²) < 4.78 is 2.43. The molecule has 0 unspecified atom stereocenters. The third-order valence-corrected chi connectivity index (χ3v) is 13.2. The maximum atomic E-state index is 5.29. The van der Waals surface area contributed by atoms with Gasteiger partial charge >= 0.3 is 0 Å². The van der Waals surface area contributed by atoms with E-state index in [0.29, 0.717) is 17.5 Å². The van der Waals surface area contributed by atoms with Crippen molar-refractivity contribution in [3.63, 3.8) is 0 Å². The first-order valence-electron chi connectivity index (χ1n) is 20.6. The minimum atomic E-state index is 0.643. The van der Waals surface area contributed by atoms with Crippen LogP contribution in [0.3, 0.4) is 0 Å². The Hall–Kier alpha value is -7.79. The van der Waals surface area contributed by atoms with Crippen molar-refractivity contribution in [1.29, 1.82) is 0 Å². The zero-order valence-corrected chi connectivity index (χ0v) is 33.8. The number of aromatic nitrogens is 3. The molecule has 0 aliphatic rings. The van der Waals surface area contributed by atoms with E-state index in [9.17, 15) is 0 Å². The van der Waals surface area contributed by atoms with Gasteiger partial charge in [-0.3, -0.25) is 0 Å². The zero-order valence-electron chi connectivity index (χ0n) is 33.0. The SMILES string of the molecule is c1ccc(-c2cc(-c3ccccc3)c3sc4c(-c5ccc6c7ccccc7c7ccccc7c6c5)ccc(-c5nc(-c6ccccc6)nc(-c6ccccc6)n5)c4c3c2)cc1. The Labute approximate surface area is 356 Å². The van der Waals surface area contributed by atoms with E-state index in [0.717, 1.165) is 27.6 Å². The van der Waals surface area contributed by atoms with Crippen LogP contribution in [0, 0.1) is 0 Å². The van der Waals surface area contributed by atoms with Gasteiger partial charge in [-0.1, -0.05) is 188 Å². The molecule has 284 valence electrons. The Balaban J connectivity index is 1.19. The molecule has 0 fully saturated rings. The number of rotatable bonds is 6. The molecule has 12 rings (SSSR count). The molecule has 0 N–H and O–H groups in total. The predicted octanol–water partition coefficient (Wildman–Crippen LogP) is 15.7. The lowest BCUT2D eigenvalue weighted by Gasteiger charge is -2.14. The highest BCUT2D eigenvalue weighted by molar-refractivity contribution is 7.27. The van der Waals surface area contributed by atoms with Crippen LogP contribution in [0.15, 0.2) is 212 Å². The number of nitrogens with zero attached hydrogens (tertiary/aromatic N) is 3. The summed E-state index contributed by atoms with van der Waals surface area (Å²) >= 11 is 1.86. The lowest BCUT2D eigenvalue weighted by Crippen LogP contribution is -2.00. The predicted molar refractivity (Wildman–Crippen MR) is 258 cm³/mol. The maximum Gasteiger partial charge on any atom is 0.164 e.